The number of para-hydroxylation sites is 1. The van der Waals surface area contributed by atoms with E-state index in [1.165, 1.54) is 0 Å². The lowest BCUT2D eigenvalue weighted by Crippen LogP contribution is -2.63. The molecule has 2 saturated heterocycles. The van der Waals surface area contributed by atoms with Gasteiger partial charge in [-0.15, -0.1) is 6.42 Å². The van der Waals surface area contributed by atoms with Crippen LogP contribution < -0.4 is 0 Å². The van der Waals surface area contributed by atoms with Gasteiger partial charge in [0.2, 0.25) is 5.91 Å². The summed E-state index contributed by atoms with van der Waals surface area (Å²) in [5, 5.41) is 12.4. The summed E-state index contributed by atoms with van der Waals surface area (Å²) in [5.74, 6) is 3.93. The third-order valence-electron chi connectivity index (χ3n) is 14.1. The number of pyridine rings is 1. The van der Waals surface area contributed by atoms with Gasteiger partial charge >= 0.3 is 0 Å². The van der Waals surface area contributed by atoms with Crippen molar-refractivity contribution in [3.05, 3.63) is 53.9 Å². The van der Waals surface area contributed by atoms with E-state index >= 15 is 0 Å². The molecule has 0 radical (unpaired) electrons. The van der Waals surface area contributed by atoms with Crippen molar-refractivity contribution < 1.29 is 19.5 Å². The minimum atomic E-state index is -1.03. The molecule has 8 rings (SSSR count). The van der Waals surface area contributed by atoms with Gasteiger partial charge in [-0.05, 0) is 87.3 Å². The Morgan fingerprint density at radius 3 is 2.47 bits per heavy atom. The molecule has 3 aliphatic carbocycles. The van der Waals surface area contributed by atoms with Gasteiger partial charge in [0, 0.05) is 62.0 Å². The Morgan fingerprint density at radius 2 is 1.69 bits per heavy atom. The number of piperazine rings is 1. The lowest BCUT2D eigenvalue weighted by molar-refractivity contribution is -0.147. The topological polar surface area (TPSA) is 97.3 Å². The largest absolute Gasteiger partial charge is 0.377 e. The number of carbonyl (C=O) groups is 3. The highest BCUT2D eigenvalue weighted by molar-refractivity contribution is 5.98. The van der Waals surface area contributed by atoms with E-state index in [1.807, 2.05) is 47.2 Å². The number of hydrogen-bond donors (Lipinski definition) is 1. The fourth-order valence-electron chi connectivity index (χ4n) is 11.3. The first-order valence-corrected chi connectivity index (χ1v) is 18.4. The van der Waals surface area contributed by atoms with E-state index in [0.717, 1.165) is 55.1 Å². The average molecular weight is 664 g/mol. The second kappa shape index (κ2) is 11.6. The zero-order valence-electron chi connectivity index (χ0n) is 29.1. The number of nitrogens with zero attached hydrogens (tertiary/aromatic N) is 5. The molecule has 3 amide bonds. The number of likely N-dealkylation sites (tertiary alicyclic amines) is 1. The molecule has 2 aromatic rings. The first-order valence-electron chi connectivity index (χ1n) is 18.4. The van der Waals surface area contributed by atoms with Crippen LogP contribution in [0, 0.1) is 40.9 Å². The molecule has 4 heterocycles. The zero-order chi connectivity index (χ0) is 34.3. The van der Waals surface area contributed by atoms with Crippen molar-refractivity contribution in [2.75, 3.05) is 39.8 Å². The van der Waals surface area contributed by atoms with Gasteiger partial charge in [-0.1, -0.05) is 44.0 Å². The molecule has 1 N–H and O–H groups in total. The van der Waals surface area contributed by atoms with Gasteiger partial charge in [0.25, 0.3) is 11.8 Å². The molecule has 9 heteroatoms. The molecule has 1 aromatic heterocycles. The number of benzene rings is 1. The van der Waals surface area contributed by atoms with Crippen LogP contribution in [0.3, 0.4) is 0 Å². The summed E-state index contributed by atoms with van der Waals surface area (Å²) in [6.07, 6.45) is 15.2. The molecule has 9 nitrogen and oxygen atoms in total. The number of likely N-dealkylation sites (N-methyl/N-ethyl adjacent to an activating group) is 1. The number of carbonyl (C=O) groups excluding carboxylic acids is 3. The summed E-state index contributed by atoms with van der Waals surface area (Å²) >= 11 is 0. The van der Waals surface area contributed by atoms with Crippen molar-refractivity contribution in [2.45, 2.75) is 82.9 Å². The van der Waals surface area contributed by atoms with E-state index in [-0.39, 0.29) is 34.6 Å². The van der Waals surface area contributed by atoms with Crippen LogP contribution in [0.25, 0.3) is 10.9 Å². The maximum absolute atomic E-state index is 13.9. The second-order valence-corrected chi connectivity index (χ2v) is 16.1. The lowest BCUT2D eigenvalue weighted by atomic mass is 9.47. The maximum Gasteiger partial charge on any atom is 0.273 e. The highest BCUT2D eigenvalue weighted by Crippen LogP contribution is 2.66. The number of aromatic nitrogens is 1. The van der Waals surface area contributed by atoms with Gasteiger partial charge in [0.05, 0.1) is 11.2 Å². The summed E-state index contributed by atoms with van der Waals surface area (Å²) < 4.78 is 0. The van der Waals surface area contributed by atoms with Crippen LogP contribution in [0.4, 0.5) is 0 Å². The number of fused-ring (bicyclic) bond motifs is 6. The van der Waals surface area contributed by atoms with Crippen LogP contribution in [0.5, 0.6) is 0 Å². The minimum Gasteiger partial charge on any atom is -0.377 e. The summed E-state index contributed by atoms with van der Waals surface area (Å²) in [6, 6.07) is 11.1. The van der Waals surface area contributed by atoms with E-state index in [9.17, 15) is 19.5 Å². The van der Waals surface area contributed by atoms with Crippen molar-refractivity contribution in [1.82, 2.24) is 24.6 Å². The van der Waals surface area contributed by atoms with Crippen molar-refractivity contribution in [1.29, 1.82) is 0 Å². The van der Waals surface area contributed by atoms with Gasteiger partial charge in [-0.3, -0.25) is 14.4 Å². The molecule has 0 bridgehead atoms. The van der Waals surface area contributed by atoms with Gasteiger partial charge < -0.3 is 24.7 Å². The molecule has 1 unspecified atom stereocenters. The molecule has 3 saturated carbocycles. The number of hydrogen-bond acceptors (Lipinski definition) is 6. The smallest absolute Gasteiger partial charge is 0.273 e. The molecule has 6 aliphatic rings. The second-order valence-electron chi connectivity index (χ2n) is 16.1. The number of rotatable bonds is 3. The molecule has 49 heavy (non-hydrogen) atoms. The van der Waals surface area contributed by atoms with Gasteiger partial charge in [-0.2, -0.15) is 0 Å². The summed E-state index contributed by atoms with van der Waals surface area (Å²) in [4.78, 5) is 53.8. The van der Waals surface area contributed by atoms with E-state index < -0.39 is 11.6 Å². The lowest BCUT2D eigenvalue weighted by Gasteiger charge is -2.61. The van der Waals surface area contributed by atoms with Crippen LogP contribution in [0.15, 0.2) is 48.2 Å². The normalized spacial score (nSPS) is 37.3. The molecular formula is C40H49N5O4. The fourth-order valence-corrected chi connectivity index (χ4v) is 11.3. The molecule has 8 atom stereocenters. The first kappa shape index (κ1) is 32.3. The average Bonchev–Trinajstić information content (AvgIpc) is 3.72. The number of aliphatic hydroxyl groups is 1. The first-order chi connectivity index (χ1) is 23.5. The van der Waals surface area contributed by atoms with E-state index in [0.29, 0.717) is 69.0 Å². The van der Waals surface area contributed by atoms with Gasteiger partial charge in [-0.25, -0.2) is 4.98 Å². The van der Waals surface area contributed by atoms with Crippen LogP contribution >= 0.6 is 0 Å². The Labute approximate surface area is 289 Å². The summed E-state index contributed by atoms with van der Waals surface area (Å²) in [5.41, 5.74) is 0.428. The third kappa shape index (κ3) is 4.76. The quantitative estimate of drug-likeness (QED) is 0.492. The van der Waals surface area contributed by atoms with Crippen molar-refractivity contribution in [2.24, 2.45) is 28.6 Å². The van der Waals surface area contributed by atoms with Crippen molar-refractivity contribution >= 4 is 28.6 Å². The Bertz CT molecular complexity index is 1780. The number of terminal acetylenes is 1. The Balaban J connectivity index is 0.972. The Kier molecular flexibility index (Phi) is 7.64. The predicted octanol–water partition coefficient (Wildman–Crippen LogP) is 4.32. The Hall–Kier alpha value is -3.90. The van der Waals surface area contributed by atoms with E-state index in [2.05, 4.69) is 35.7 Å². The van der Waals surface area contributed by atoms with Crippen molar-refractivity contribution in [3.8, 4) is 12.3 Å². The molecule has 3 aliphatic heterocycles. The number of amides is 3. The zero-order valence-corrected chi connectivity index (χ0v) is 29.1. The monoisotopic (exact) mass is 663 g/mol. The predicted molar refractivity (Wildman–Crippen MR) is 187 cm³/mol. The van der Waals surface area contributed by atoms with E-state index in [1.54, 1.807) is 11.0 Å². The van der Waals surface area contributed by atoms with Gasteiger partial charge in [0.1, 0.15) is 17.3 Å². The van der Waals surface area contributed by atoms with Crippen LogP contribution in [-0.4, -0.2) is 105 Å². The molecule has 1 aromatic carbocycles. The summed E-state index contributed by atoms with van der Waals surface area (Å²) in [6.45, 7) is 7.30. The standard InChI is InChI=1S/C40H49N5O4/c1-5-40(49)19-17-29-27-13-15-34-38(2,28(27)16-18-39(29,40)3)25-33(36(47)42(34)4)43-21-23-44(24-22-43)37(48)32-11-8-20-45(32)35(46)31-14-12-26-9-6-7-10-30(26)41-31/h1,6-7,9-10,12,14,25,27-29,32,34,49H,8,11,13,15-24H2,2-4H3/t27-,28+,29+,32+,34?,38-,39+,40+/m1/s1. The molecule has 0 spiro atoms. The van der Waals surface area contributed by atoms with Crippen LogP contribution in [-0.2, 0) is 9.59 Å². The minimum absolute atomic E-state index is 0.0109. The van der Waals surface area contributed by atoms with E-state index in [4.69, 9.17) is 6.42 Å². The fraction of sp³-hybridized carbons (Fsp3) is 0.600. The molecular weight excluding hydrogens is 614 g/mol. The SMILES string of the molecule is C#C[C@]1(O)CC[C@H]2[C@@H]3CCC4N(C)C(=O)C(N5CCN(C(=O)[C@@H]6CCCN6C(=O)c6ccc7ccccc7n6)CC5)=C[C@]4(C)[C@H]3CC[C@@]21C. The Morgan fingerprint density at radius 1 is 0.939 bits per heavy atom. The molecule has 258 valence electrons. The van der Waals surface area contributed by atoms with Crippen molar-refractivity contribution in [3.63, 3.8) is 0 Å². The van der Waals surface area contributed by atoms with Crippen LogP contribution in [0.1, 0.15) is 75.7 Å². The highest BCUT2D eigenvalue weighted by atomic mass is 16.3. The molecule has 5 fully saturated rings. The van der Waals surface area contributed by atoms with Crippen LogP contribution in [0.2, 0.25) is 0 Å². The highest BCUT2D eigenvalue weighted by Gasteiger charge is 2.65. The summed E-state index contributed by atoms with van der Waals surface area (Å²) in [7, 11) is 1.97. The third-order valence-corrected chi connectivity index (χ3v) is 14.1. The van der Waals surface area contributed by atoms with Gasteiger partial charge in [0.15, 0.2) is 0 Å². The maximum atomic E-state index is 13.9.